The van der Waals surface area contributed by atoms with Crippen molar-refractivity contribution in [3.05, 3.63) is 92.8 Å². The minimum absolute atomic E-state index is 0.220. The van der Waals surface area contributed by atoms with Crippen molar-refractivity contribution in [2.75, 3.05) is 0 Å². The molecule has 0 amide bonds. The number of halogens is 2. The van der Waals surface area contributed by atoms with Crippen molar-refractivity contribution in [2.45, 2.75) is 124 Å². The number of carboxylic acids is 1. The van der Waals surface area contributed by atoms with Crippen molar-refractivity contribution in [1.29, 1.82) is 0 Å². The highest BCUT2D eigenvalue weighted by Gasteiger charge is 2.35. The Balaban J connectivity index is 1.57. The Kier molecular flexibility index (Phi) is 12.9. The number of rotatable bonds is 17. The van der Waals surface area contributed by atoms with Crippen LogP contribution in [0, 0.1) is 11.7 Å². The average Bonchev–Trinajstić information content (AvgIpc) is 3.31. The minimum Gasteiger partial charge on any atom is -0.478 e. The van der Waals surface area contributed by atoms with E-state index in [0.717, 1.165) is 70.2 Å². The Morgan fingerprint density at radius 1 is 0.933 bits per heavy atom. The number of allylic oxidation sites excluding steroid dienone is 3. The molecule has 4 heteroatoms. The Bertz CT molecular complexity index is 1550. The summed E-state index contributed by atoms with van der Waals surface area (Å²) in [4.78, 5) is 12.7. The maximum absolute atomic E-state index is 13.8. The van der Waals surface area contributed by atoms with Gasteiger partial charge in [-0.05, 0) is 115 Å². The summed E-state index contributed by atoms with van der Waals surface area (Å²) in [5, 5.41) is 13.2. The molecule has 2 atom stereocenters. The van der Waals surface area contributed by atoms with Gasteiger partial charge in [0.2, 0.25) is 0 Å². The molecule has 0 bridgehead atoms. The van der Waals surface area contributed by atoms with Crippen LogP contribution in [-0.2, 0) is 11.2 Å². The third-order valence-electron chi connectivity index (χ3n) is 10.1. The molecule has 0 aromatic heterocycles. The van der Waals surface area contributed by atoms with E-state index in [2.05, 4.69) is 39.8 Å². The fraction of sp³-hybridized carbons (Fsp3) is 0.488. The topological polar surface area (TPSA) is 37.3 Å². The summed E-state index contributed by atoms with van der Waals surface area (Å²) in [6, 6.07) is 15.1. The molecule has 2 nitrogen and oxygen atoms in total. The third-order valence-corrected chi connectivity index (χ3v) is 10.5. The summed E-state index contributed by atoms with van der Waals surface area (Å²) < 4.78 is 13.8. The lowest BCUT2D eigenvalue weighted by Crippen LogP contribution is -2.09. The second-order valence-corrected chi connectivity index (χ2v) is 13.4. The first-order valence-electron chi connectivity index (χ1n) is 17.4. The van der Waals surface area contributed by atoms with E-state index in [1.165, 1.54) is 67.7 Å². The quantitative estimate of drug-likeness (QED) is 0.151. The van der Waals surface area contributed by atoms with Gasteiger partial charge in [-0.3, -0.25) is 0 Å². The van der Waals surface area contributed by atoms with Gasteiger partial charge >= 0.3 is 5.97 Å². The van der Waals surface area contributed by atoms with Crippen molar-refractivity contribution in [2.24, 2.45) is 5.92 Å². The van der Waals surface area contributed by atoms with Gasteiger partial charge in [0.1, 0.15) is 5.82 Å². The van der Waals surface area contributed by atoms with E-state index >= 15 is 0 Å². The van der Waals surface area contributed by atoms with Crippen LogP contribution < -0.4 is 0 Å². The van der Waals surface area contributed by atoms with Gasteiger partial charge in [0, 0.05) is 22.1 Å². The number of aliphatic carboxylic acids is 1. The molecule has 0 aliphatic heterocycles. The van der Waals surface area contributed by atoms with Crippen molar-refractivity contribution < 1.29 is 14.3 Å². The Labute approximate surface area is 275 Å². The summed E-state index contributed by atoms with van der Waals surface area (Å²) in [6.45, 7) is 11.1. The van der Waals surface area contributed by atoms with E-state index in [1.807, 2.05) is 31.2 Å². The standard InChI is InChI=1S/C41H52ClFO2/c1-6-9-10-11-12-13-17-29(7-2)27(4)33(8-3)40-37(42)25-24-36-35(39(41(44)45)28(5)38(36)40)21-15-14-18-30-19-16-20-31-26-32(43)22-23-34(30)31/h16,19-20,22-26,28-29H,6-15,17-18,21H2,1-5H3,(H,44,45)/b33-27+. The zero-order chi connectivity index (χ0) is 32.5. The van der Waals surface area contributed by atoms with E-state index in [9.17, 15) is 14.3 Å². The minimum atomic E-state index is -0.833. The SMILES string of the molecule is CCCCCCCCC(CC)/C(C)=C(\CC)c1c(Cl)ccc2c1C(C)C(C(=O)O)=C2CCCCc1cccc2cc(F)ccc12. The van der Waals surface area contributed by atoms with Crippen LogP contribution >= 0.6 is 11.6 Å². The monoisotopic (exact) mass is 630 g/mol. The Hall–Kier alpha value is -2.91. The summed E-state index contributed by atoms with van der Waals surface area (Å²) in [7, 11) is 0. The number of fused-ring (bicyclic) bond motifs is 2. The molecule has 45 heavy (non-hydrogen) atoms. The van der Waals surface area contributed by atoms with Crippen LogP contribution in [0.5, 0.6) is 0 Å². The number of carboxylic acid groups (broad SMARTS) is 1. The number of hydrogen-bond acceptors (Lipinski definition) is 1. The first-order chi connectivity index (χ1) is 21.7. The highest BCUT2D eigenvalue weighted by atomic mass is 35.5. The smallest absolute Gasteiger partial charge is 0.332 e. The summed E-state index contributed by atoms with van der Waals surface area (Å²) in [5.74, 6) is -0.769. The van der Waals surface area contributed by atoms with E-state index in [1.54, 1.807) is 6.07 Å². The first-order valence-corrected chi connectivity index (χ1v) is 17.8. The Morgan fingerprint density at radius 3 is 2.38 bits per heavy atom. The lowest BCUT2D eigenvalue weighted by molar-refractivity contribution is -0.132. The zero-order valence-electron chi connectivity index (χ0n) is 28.1. The molecule has 4 rings (SSSR count). The molecular formula is C41H52ClFO2. The molecule has 0 spiro atoms. The molecule has 0 saturated carbocycles. The van der Waals surface area contributed by atoms with Crippen LogP contribution in [0.25, 0.3) is 21.9 Å². The van der Waals surface area contributed by atoms with E-state index in [4.69, 9.17) is 11.6 Å². The molecule has 2 unspecified atom stereocenters. The lowest BCUT2D eigenvalue weighted by atomic mass is 9.81. The second-order valence-electron chi connectivity index (χ2n) is 13.0. The van der Waals surface area contributed by atoms with Gasteiger partial charge in [-0.25, -0.2) is 9.18 Å². The Morgan fingerprint density at radius 2 is 1.67 bits per heavy atom. The largest absolute Gasteiger partial charge is 0.478 e. The third kappa shape index (κ3) is 8.09. The van der Waals surface area contributed by atoms with E-state index in [0.29, 0.717) is 17.9 Å². The number of unbranched alkanes of at least 4 members (excludes halogenated alkanes) is 6. The van der Waals surface area contributed by atoms with Crippen molar-refractivity contribution >= 4 is 39.5 Å². The molecule has 1 N–H and O–H groups in total. The highest BCUT2D eigenvalue weighted by Crippen LogP contribution is 2.50. The van der Waals surface area contributed by atoms with Crippen LogP contribution in [0.4, 0.5) is 4.39 Å². The molecule has 1 aliphatic rings. The highest BCUT2D eigenvalue weighted by molar-refractivity contribution is 6.32. The van der Waals surface area contributed by atoms with Gasteiger partial charge in [0.15, 0.2) is 0 Å². The van der Waals surface area contributed by atoms with Crippen molar-refractivity contribution in [3.8, 4) is 0 Å². The molecule has 0 radical (unpaired) electrons. The first kappa shape index (κ1) is 35.0. The van der Waals surface area contributed by atoms with Gasteiger partial charge in [0.25, 0.3) is 0 Å². The van der Waals surface area contributed by atoms with Crippen LogP contribution in [0.1, 0.15) is 140 Å². The summed E-state index contributed by atoms with van der Waals surface area (Å²) >= 11 is 7.02. The van der Waals surface area contributed by atoms with Gasteiger partial charge in [-0.2, -0.15) is 0 Å². The predicted molar refractivity (Wildman–Crippen MR) is 191 cm³/mol. The van der Waals surface area contributed by atoms with Crippen molar-refractivity contribution in [3.63, 3.8) is 0 Å². The molecule has 0 saturated heterocycles. The maximum Gasteiger partial charge on any atom is 0.332 e. The normalized spacial score (nSPS) is 15.8. The van der Waals surface area contributed by atoms with Crippen LogP contribution in [0.3, 0.4) is 0 Å². The molecule has 1 aliphatic carbocycles. The molecular weight excluding hydrogens is 579 g/mol. The fourth-order valence-corrected chi connectivity index (χ4v) is 7.98. The summed E-state index contributed by atoms with van der Waals surface area (Å²) in [6.07, 6.45) is 14.3. The zero-order valence-corrected chi connectivity index (χ0v) is 28.8. The van der Waals surface area contributed by atoms with Crippen LogP contribution in [0.2, 0.25) is 5.02 Å². The maximum atomic E-state index is 13.8. The fourth-order valence-electron chi connectivity index (χ4n) is 7.70. The van der Waals surface area contributed by atoms with Gasteiger partial charge in [-0.1, -0.05) is 114 Å². The van der Waals surface area contributed by atoms with Crippen LogP contribution in [0.15, 0.2) is 59.7 Å². The average molecular weight is 631 g/mol. The molecule has 242 valence electrons. The molecule has 3 aromatic carbocycles. The van der Waals surface area contributed by atoms with Gasteiger partial charge < -0.3 is 5.11 Å². The number of hydrogen-bond donors (Lipinski definition) is 1. The number of benzene rings is 3. The lowest BCUT2D eigenvalue weighted by Gasteiger charge is -2.24. The molecule has 3 aromatic rings. The van der Waals surface area contributed by atoms with Gasteiger partial charge in [0.05, 0.1) is 0 Å². The van der Waals surface area contributed by atoms with E-state index in [-0.39, 0.29) is 11.7 Å². The predicted octanol–water partition coefficient (Wildman–Crippen LogP) is 13.0. The van der Waals surface area contributed by atoms with Crippen molar-refractivity contribution in [1.82, 2.24) is 0 Å². The van der Waals surface area contributed by atoms with Gasteiger partial charge in [-0.15, -0.1) is 0 Å². The van der Waals surface area contributed by atoms with Crippen LogP contribution in [-0.4, -0.2) is 11.1 Å². The summed E-state index contributed by atoms with van der Waals surface area (Å²) in [5.41, 5.74) is 8.60. The second kappa shape index (κ2) is 16.6. The molecule has 0 heterocycles. The molecule has 0 fully saturated rings. The number of aryl methyl sites for hydroxylation is 1. The van der Waals surface area contributed by atoms with E-state index < -0.39 is 5.97 Å². The number of carbonyl (C=O) groups is 1.